The molecule has 15 heteroatoms. The molecule has 0 saturated carbocycles. The Morgan fingerprint density at radius 1 is 1.13 bits per heavy atom. The molecule has 3 aliphatic heterocycles. The summed E-state index contributed by atoms with van der Waals surface area (Å²) < 4.78 is 47.9. The standard InChI is InChI=1S/C30H35F3N8O3S/c1-45-27-15-23(34)28(43)44-26-17-36-12-13-40(26)20-7-9-21(10-8-20)41(27)39-29-37-16-22(30(31,32)33)24(38-29)11-6-18-4-2-3-5-19(18)14-25(35)42/h2-5,7-10,16,23,26-27,36H,6,11-15,17,34H2,1H3,(H2,35,42)(H,37,38,39). The number of halogens is 3. The number of alkyl halides is 3. The molecule has 3 atom stereocenters. The fraction of sp³-hybridized carbons (Fsp3) is 0.400. The zero-order valence-electron chi connectivity index (χ0n) is 24.6. The molecule has 2 aromatic carbocycles. The average molecular weight is 645 g/mol. The minimum absolute atomic E-state index is 0.0202. The number of nitrogens with one attached hydrogen (secondary N) is 2. The van der Waals surface area contributed by atoms with E-state index in [9.17, 15) is 22.8 Å². The zero-order valence-corrected chi connectivity index (χ0v) is 25.4. The Morgan fingerprint density at radius 3 is 2.53 bits per heavy atom. The molecule has 1 amide bonds. The molecule has 45 heavy (non-hydrogen) atoms. The van der Waals surface area contributed by atoms with Crippen molar-refractivity contribution in [2.75, 3.05) is 41.2 Å². The number of rotatable bonds is 8. The molecule has 240 valence electrons. The van der Waals surface area contributed by atoms with E-state index < -0.39 is 41.3 Å². The highest BCUT2D eigenvalue weighted by atomic mass is 32.2. The molecule has 4 heterocycles. The summed E-state index contributed by atoms with van der Waals surface area (Å²) in [6.07, 6.45) is -2.30. The normalized spacial score (nSPS) is 20.6. The third-order valence-corrected chi connectivity index (χ3v) is 8.68. The SMILES string of the molecule is CSC1CC(N)C(=O)OC2CNCCN2c2ccc(cc2)N1Nc1ncc(C(F)(F)F)c(CCc2ccccc2CC(N)=O)n1. The summed E-state index contributed by atoms with van der Waals surface area (Å²) in [6, 6.07) is 13.6. The van der Waals surface area contributed by atoms with Crippen LogP contribution in [0.15, 0.2) is 54.7 Å². The van der Waals surface area contributed by atoms with E-state index in [0.29, 0.717) is 36.4 Å². The van der Waals surface area contributed by atoms with E-state index in [-0.39, 0.29) is 37.3 Å². The topological polar surface area (TPSA) is 152 Å². The number of amides is 1. The van der Waals surface area contributed by atoms with Crippen LogP contribution >= 0.6 is 11.8 Å². The fourth-order valence-corrected chi connectivity index (χ4v) is 6.24. The highest BCUT2D eigenvalue weighted by Gasteiger charge is 2.36. The lowest BCUT2D eigenvalue weighted by Gasteiger charge is -2.39. The number of hydrogen-bond acceptors (Lipinski definition) is 11. The molecule has 2 bridgehead atoms. The summed E-state index contributed by atoms with van der Waals surface area (Å²) in [7, 11) is 0. The summed E-state index contributed by atoms with van der Waals surface area (Å²) in [4.78, 5) is 34.9. The molecule has 3 aliphatic rings. The molecule has 11 nitrogen and oxygen atoms in total. The number of nitrogens with two attached hydrogens (primary N) is 2. The van der Waals surface area contributed by atoms with Gasteiger partial charge in [-0.25, -0.2) is 9.97 Å². The van der Waals surface area contributed by atoms with Gasteiger partial charge in [0.15, 0.2) is 6.23 Å². The summed E-state index contributed by atoms with van der Waals surface area (Å²) >= 11 is 1.40. The van der Waals surface area contributed by atoms with Gasteiger partial charge in [-0.3, -0.25) is 20.0 Å². The van der Waals surface area contributed by atoms with Crippen molar-refractivity contribution in [2.24, 2.45) is 11.5 Å². The first-order chi connectivity index (χ1) is 21.5. The van der Waals surface area contributed by atoms with Crippen LogP contribution < -0.4 is 32.1 Å². The molecule has 1 aromatic heterocycles. The first-order valence-corrected chi connectivity index (χ1v) is 15.7. The summed E-state index contributed by atoms with van der Waals surface area (Å²) in [6.45, 7) is 1.80. The Kier molecular flexibility index (Phi) is 9.99. The molecule has 6 N–H and O–H groups in total. The predicted octanol–water partition coefficient (Wildman–Crippen LogP) is 2.84. The van der Waals surface area contributed by atoms with Gasteiger partial charge in [-0.2, -0.15) is 13.2 Å². The van der Waals surface area contributed by atoms with Gasteiger partial charge >= 0.3 is 12.1 Å². The number of benzene rings is 2. The molecule has 0 aliphatic carbocycles. The number of aryl methyl sites for hydroxylation is 2. The van der Waals surface area contributed by atoms with Crippen LogP contribution in [-0.2, 0) is 39.8 Å². The largest absolute Gasteiger partial charge is 0.439 e. The van der Waals surface area contributed by atoms with E-state index in [4.69, 9.17) is 16.2 Å². The number of fused-ring (bicyclic) bond motifs is 7. The summed E-state index contributed by atoms with van der Waals surface area (Å²) in [5.41, 5.74) is 16.5. The van der Waals surface area contributed by atoms with Crippen LogP contribution in [0.25, 0.3) is 0 Å². The minimum Gasteiger partial charge on any atom is -0.439 e. The molecule has 1 saturated heterocycles. The number of aromatic nitrogens is 2. The van der Waals surface area contributed by atoms with Gasteiger partial charge in [0.25, 0.3) is 0 Å². The third-order valence-electron chi connectivity index (χ3n) is 7.73. The number of nitrogens with zero attached hydrogens (tertiary/aromatic N) is 4. The Balaban J connectivity index is 1.47. The quantitative estimate of drug-likeness (QED) is 0.268. The number of esters is 1. The lowest BCUT2D eigenvalue weighted by molar-refractivity contribution is -0.151. The first-order valence-electron chi connectivity index (χ1n) is 14.4. The van der Waals surface area contributed by atoms with E-state index in [0.717, 1.165) is 11.9 Å². The Bertz CT molecular complexity index is 1510. The Morgan fingerprint density at radius 2 is 1.84 bits per heavy atom. The van der Waals surface area contributed by atoms with Crippen molar-refractivity contribution in [1.29, 1.82) is 0 Å². The number of carbonyl (C=O) groups excluding carboxylic acids is 2. The van der Waals surface area contributed by atoms with E-state index in [1.807, 2.05) is 35.4 Å². The number of carbonyl (C=O) groups is 2. The van der Waals surface area contributed by atoms with Crippen LogP contribution in [0.5, 0.6) is 0 Å². The molecular weight excluding hydrogens is 609 g/mol. The third kappa shape index (κ3) is 7.78. The molecule has 3 aromatic rings. The zero-order chi connectivity index (χ0) is 32.1. The van der Waals surface area contributed by atoms with E-state index >= 15 is 0 Å². The van der Waals surface area contributed by atoms with Gasteiger partial charge in [0.2, 0.25) is 11.9 Å². The first kappa shape index (κ1) is 32.3. The second-order valence-electron chi connectivity index (χ2n) is 10.8. The van der Waals surface area contributed by atoms with E-state index in [1.54, 1.807) is 29.3 Å². The van der Waals surface area contributed by atoms with Crippen molar-refractivity contribution in [3.8, 4) is 0 Å². The second-order valence-corrected chi connectivity index (χ2v) is 11.8. The predicted molar refractivity (Wildman–Crippen MR) is 166 cm³/mol. The van der Waals surface area contributed by atoms with Gasteiger partial charge in [-0.15, -0.1) is 11.8 Å². The number of hydrazine groups is 1. The Hall–Kier alpha value is -4.08. The van der Waals surface area contributed by atoms with Crippen LogP contribution in [0, 0.1) is 0 Å². The van der Waals surface area contributed by atoms with E-state index in [2.05, 4.69) is 20.7 Å². The van der Waals surface area contributed by atoms with Crippen molar-refractivity contribution in [1.82, 2.24) is 15.3 Å². The second kappa shape index (κ2) is 13.9. The number of primary amides is 1. The molecule has 3 unspecified atom stereocenters. The maximum atomic E-state index is 14.0. The van der Waals surface area contributed by atoms with Gasteiger partial charge in [-0.1, -0.05) is 24.3 Å². The van der Waals surface area contributed by atoms with E-state index in [1.165, 1.54) is 11.8 Å². The number of piperazine rings is 1. The maximum absolute atomic E-state index is 14.0. The molecular formula is C30H35F3N8O3S. The number of anilines is 3. The van der Waals surface area contributed by atoms with Crippen molar-refractivity contribution >= 4 is 41.0 Å². The smallest absolute Gasteiger partial charge is 0.419 e. The van der Waals surface area contributed by atoms with Crippen molar-refractivity contribution in [3.05, 3.63) is 77.1 Å². The van der Waals surface area contributed by atoms with Crippen LogP contribution in [0.2, 0.25) is 0 Å². The van der Waals surface area contributed by atoms with Crippen LogP contribution in [0.4, 0.5) is 30.5 Å². The van der Waals surface area contributed by atoms with Crippen molar-refractivity contribution in [3.63, 3.8) is 0 Å². The number of ether oxygens (including phenoxy) is 1. The summed E-state index contributed by atoms with van der Waals surface area (Å²) in [5.74, 6) is -1.14. The van der Waals surface area contributed by atoms with Crippen LogP contribution in [-0.4, -0.2) is 65.4 Å². The van der Waals surface area contributed by atoms with Gasteiger partial charge in [-0.05, 0) is 54.5 Å². The highest BCUT2D eigenvalue weighted by molar-refractivity contribution is 7.99. The highest BCUT2D eigenvalue weighted by Crippen LogP contribution is 2.34. The molecule has 6 rings (SSSR count). The average Bonchev–Trinajstić information content (AvgIpc) is 3.01. The monoisotopic (exact) mass is 644 g/mol. The van der Waals surface area contributed by atoms with Crippen molar-refractivity contribution in [2.45, 2.75) is 49.5 Å². The van der Waals surface area contributed by atoms with Gasteiger partial charge in [0.05, 0.1) is 35.3 Å². The van der Waals surface area contributed by atoms with Gasteiger partial charge < -0.3 is 26.4 Å². The van der Waals surface area contributed by atoms with Gasteiger partial charge in [0, 0.05) is 31.4 Å². The summed E-state index contributed by atoms with van der Waals surface area (Å²) in [5, 5.41) is 4.49. The number of thioether (sulfide) groups is 1. The molecule has 1 fully saturated rings. The fourth-order valence-electron chi connectivity index (χ4n) is 5.45. The number of hydrogen-bond donors (Lipinski definition) is 4. The minimum atomic E-state index is -4.68. The lowest BCUT2D eigenvalue weighted by Crippen LogP contribution is -2.55. The van der Waals surface area contributed by atoms with Crippen molar-refractivity contribution < 1.29 is 27.5 Å². The Labute approximate surface area is 262 Å². The molecule has 0 radical (unpaired) electrons. The molecule has 0 spiro atoms. The van der Waals surface area contributed by atoms with Crippen LogP contribution in [0.1, 0.15) is 28.8 Å². The maximum Gasteiger partial charge on any atom is 0.419 e. The van der Waals surface area contributed by atoms with Gasteiger partial charge in [0.1, 0.15) is 6.04 Å². The van der Waals surface area contributed by atoms with Crippen LogP contribution in [0.3, 0.4) is 0 Å². The lowest BCUT2D eigenvalue weighted by atomic mass is 9.98.